The van der Waals surface area contributed by atoms with Crippen LogP contribution in [0.5, 0.6) is 0 Å². The molecule has 3 saturated heterocycles. The second-order valence-corrected chi connectivity index (χ2v) is 8.74. The number of carbonyl (C=O) groups excluding carboxylic acids is 1. The molecule has 122 valence electrons. The van der Waals surface area contributed by atoms with Gasteiger partial charge in [-0.05, 0) is 75.3 Å². The van der Waals surface area contributed by atoms with Crippen molar-refractivity contribution in [1.29, 1.82) is 0 Å². The number of benzene rings is 1. The van der Waals surface area contributed by atoms with Crippen LogP contribution in [0, 0.1) is 5.92 Å². The Bertz CT molecular complexity index is 761. The quantitative estimate of drug-likeness (QED) is 0.883. The maximum absolute atomic E-state index is 12.8. The van der Waals surface area contributed by atoms with E-state index >= 15 is 0 Å². The summed E-state index contributed by atoms with van der Waals surface area (Å²) in [6.07, 6.45) is 2.38. The molecule has 0 spiro atoms. The molecule has 23 heavy (non-hydrogen) atoms. The molecule has 2 aromatic rings. The summed E-state index contributed by atoms with van der Waals surface area (Å²) >= 11 is 7.58. The Hall–Kier alpha value is -1.10. The predicted octanol–water partition coefficient (Wildman–Crippen LogP) is 4.16. The van der Waals surface area contributed by atoms with E-state index in [0.29, 0.717) is 10.9 Å². The van der Waals surface area contributed by atoms with Crippen molar-refractivity contribution in [2.45, 2.75) is 38.3 Å². The molecule has 2 bridgehead atoms. The topological polar surface area (TPSA) is 32.3 Å². The molecule has 1 atom stereocenters. The van der Waals surface area contributed by atoms with Gasteiger partial charge in [0.15, 0.2) is 0 Å². The number of fused-ring (bicyclic) bond motifs is 4. The van der Waals surface area contributed by atoms with Crippen LogP contribution in [0.2, 0.25) is 5.02 Å². The number of rotatable bonds is 2. The maximum Gasteiger partial charge on any atom is 0.261 e. The summed E-state index contributed by atoms with van der Waals surface area (Å²) in [5.41, 5.74) is 0.0385. The van der Waals surface area contributed by atoms with Gasteiger partial charge in [0.25, 0.3) is 5.91 Å². The van der Waals surface area contributed by atoms with E-state index in [1.807, 2.05) is 24.3 Å². The predicted molar refractivity (Wildman–Crippen MR) is 96.5 cm³/mol. The minimum Gasteiger partial charge on any atom is -0.346 e. The standard InChI is InChI=1S/C18H21ClN2OS/c1-18(2)16(11-5-7-21(18)8-6-11)20-17(22)15-10-12-9-13(19)3-4-14(12)23-15/h3-4,9-11,16H,5-8H2,1-2H3,(H,20,22)/t16-/m0/s1. The smallest absolute Gasteiger partial charge is 0.261 e. The lowest BCUT2D eigenvalue weighted by molar-refractivity contribution is -0.0377. The Balaban J connectivity index is 1.59. The highest BCUT2D eigenvalue weighted by Crippen LogP contribution is 2.39. The zero-order valence-corrected chi connectivity index (χ0v) is 15.0. The van der Waals surface area contributed by atoms with Crippen LogP contribution in [-0.2, 0) is 0 Å². The number of amides is 1. The van der Waals surface area contributed by atoms with E-state index in [4.69, 9.17) is 11.6 Å². The van der Waals surface area contributed by atoms with Gasteiger partial charge in [-0.2, -0.15) is 0 Å². The van der Waals surface area contributed by atoms with Crippen LogP contribution in [0.25, 0.3) is 10.1 Å². The van der Waals surface area contributed by atoms with Crippen LogP contribution in [-0.4, -0.2) is 35.5 Å². The number of nitrogens with zero attached hydrogens (tertiary/aromatic N) is 1. The summed E-state index contributed by atoms with van der Waals surface area (Å²) in [5.74, 6) is 0.650. The first-order valence-corrected chi connectivity index (χ1v) is 9.39. The summed E-state index contributed by atoms with van der Waals surface area (Å²) in [6.45, 7) is 6.83. The third-order valence-corrected chi connectivity index (χ3v) is 6.93. The van der Waals surface area contributed by atoms with Crippen molar-refractivity contribution in [3.63, 3.8) is 0 Å². The van der Waals surface area contributed by atoms with E-state index in [2.05, 4.69) is 24.1 Å². The third kappa shape index (κ3) is 2.57. The molecule has 1 aromatic heterocycles. The van der Waals surface area contributed by atoms with Gasteiger partial charge in [0.1, 0.15) is 0 Å². The molecule has 0 aliphatic carbocycles. The number of hydrogen-bond acceptors (Lipinski definition) is 3. The van der Waals surface area contributed by atoms with Crippen molar-refractivity contribution >= 4 is 38.9 Å². The summed E-state index contributed by atoms with van der Waals surface area (Å²) in [7, 11) is 0. The number of piperidine rings is 3. The van der Waals surface area contributed by atoms with Gasteiger partial charge in [-0.15, -0.1) is 11.3 Å². The van der Waals surface area contributed by atoms with E-state index < -0.39 is 0 Å². The number of thiophene rings is 1. The van der Waals surface area contributed by atoms with E-state index in [-0.39, 0.29) is 17.5 Å². The fourth-order valence-corrected chi connectivity index (χ4v) is 5.34. The number of halogens is 1. The van der Waals surface area contributed by atoms with Crippen LogP contribution in [0.4, 0.5) is 0 Å². The lowest BCUT2D eigenvalue weighted by atomic mass is 9.72. The van der Waals surface area contributed by atoms with Gasteiger partial charge in [-0.1, -0.05) is 11.6 Å². The Morgan fingerprint density at radius 2 is 2.04 bits per heavy atom. The third-order valence-electron chi connectivity index (χ3n) is 5.58. The molecule has 0 unspecified atom stereocenters. The zero-order valence-electron chi connectivity index (χ0n) is 13.4. The first-order valence-electron chi connectivity index (χ1n) is 8.20. The Kier molecular flexibility index (Phi) is 3.67. The minimum absolute atomic E-state index is 0.0385. The van der Waals surface area contributed by atoms with Crippen molar-refractivity contribution in [1.82, 2.24) is 10.2 Å². The molecular weight excluding hydrogens is 328 g/mol. The summed E-state index contributed by atoms with van der Waals surface area (Å²) < 4.78 is 1.10. The summed E-state index contributed by atoms with van der Waals surface area (Å²) in [6, 6.07) is 7.96. The molecule has 3 nitrogen and oxygen atoms in total. The number of hydrogen-bond donors (Lipinski definition) is 1. The zero-order chi connectivity index (χ0) is 16.2. The number of nitrogens with one attached hydrogen (secondary N) is 1. The van der Waals surface area contributed by atoms with Crippen LogP contribution in [0.3, 0.4) is 0 Å². The summed E-state index contributed by atoms with van der Waals surface area (Å²) in [4.78, 5) is 16.1. The van der Waals surface area contributed by atoms with Crippen molar-refractivity contribution in [2.24, 2.45) is 5.92 Å². The van der Waals surface area contributed by atoms with Crippen LogP contribution in [0.1, 0.15) is 36.4 Å². The van der Waals surface area contributed by atoms with Crippen LogP contribution >= 0.6 is 22.9 Å². The molecular formula is C18H21ClN2OS. The second-order valence-electron chi connectivity index (χ2n) is 7.22. The second kappa shape index (κ2) is 5.47. The first-order chi connectivity index (χ1) is 10.9. The molecule has 3 aliphatic rings. The highest BCUT2D eigenvalue weighted by atomic mass is 35.5. The lowest BCUT2D eigenvalue weighted by Crippen LogP contribution is -2.69. The van der Waals surface area contributed by atoms with Gasteiger partial charge in [0.05, 0.1) is 4.88 Å². The first kappa shape index (κ1) is 15.4. The Morgan fingerprint density at radius 3 is 2.74 bits per heavy atom. The fraction of sp³-hybridized carbons (Fsp3) is 0.500. The minimum atomic E-state index is 0.0385. The molecule has 5 heteroatoms. The molecule has 0 saturated carbocycles. The maximum atomic E-state index is 12.8. The molecule has 1 aromatic carbocycles. The van der Waals surface area contributed by atoms with Gasteiger partial charge >= 0.3 is 0 Å². The fourth-order valence-electron chi connectivity index (χ4n) is 4.22. The average Bonchev–Trinajstić information content (AvgIpc) is 2.94. The van der Waals surface area contributed by atoms with E-state index in [9.17, 15) is 4.79 Å². The largest absolute Gasteiger partial charge is 0.346 e. The molecule has 4 heterocycles. The van der Waals surface area contributed by atoms with Gasteiger partial charge in [-0.3, -0.25) is 9.69 Å². The van der Waals surface area contributed by atoms with E-state index in [1.54, 1.807) is 0 Å². The number of carbonyl (C=O) groups is 1. The highest BCUT2D eigenvalue weighted by Gasteiger charge is 2.48. The lowest BCUT2D eigenvalue weighted by Gasteiger charge is -2.56. The molecule has 3 aliphatic heterocycles. The SMILES string of the molecule is CC1(C)[C@@H](NC(=O)c2cc3cc(Cl)ccc3s2)C2CCN1CC2. The van der Waals surface area contributed by atoms with E-state index in [0.717, 1.165) is 28.1 Å². The summed E-state index contributed by atoms with van der Waals surface area (Å²) in [5, 5.41) is 5.08. The van der Waals surface area contributed by atoms with Crippen molar-refractivity contribution < 1.29 is 4.79 Å². The molecule has 1 N–H and O–H groups in total. The highest BCUT2D eigenvalue weighted by molar-refractivity contribution is 7.20. The normalized spacial score (nSPS) is 28.9. The molecule has 3 fully saturated rings. The van der Waals surface area contributed by atoms with Crippen molar-refractivity contribution in [3.05, 3.63) is 34.2 Å². The molecule has 1 amide bonds. The molecule has 0 radical (unpaired) electrons. The van der Waals surface area contributed by atoms with Crippen molar-refractivity contribution in [2.75, 3.05) is 13.1 Å². The van der Waals surface area contributed by atoms with Gasteiger partial charge in [0.2, 0.25) is 0 Å². The van der Waals surface area contributed by atoms with Gasteiger partial charge < -0.3 is 5.32 Å². The molecule has 5 rings (SSSR count). The Labute approximate surface area is 145 Å². The van der Waals surface area contributed by atoms with Crippen LogP contribution in [0.15, 0.2) is 24.3 Å². The van der Waals surface area contributed by atoms with Gasteiger partial charge in [0, 0.05) is 21.3 Å². The van der Waals surface area contributed by atoms with Crippen LogP contribution < -0.4 is 5.32 Å². The van der Waals surface area contributed by atoms with Crippen molar-refractivity contribution in [3.8, 4) is 0 Å². The average molecular weight is 349 g/mol. The Morgan fingerprint density at radius 1 is 1.30 bits per heavy atom. The van der Waals surface area contributed by atoms with E-state index in [1.165, 1.54) is 24.2 Å². The monoisotopic (exact) mass is 348 g/mol. The van der Waals surface area contributed by atoms with Gasteiger partial charge in [-0.25, -0.2) is 0 Å².